The van der Waals surface area contributed by atoms with Crippen LogP contribution in [0.25, 0.3) is 0 Å². The average Bonchev–Trinajstić information content (AvgIpc) is 2.18. The van der Waals surface area contributed by atoms with E-state index in [9.17, 15) is 17.6 Å². The summed E-state index contributed by atoms with van der Waals surface area (Å²) in [6.45, 7) is 0. The van der Waals surface area contributed by atoms with E-state index in [1.165, 1.54) is 6.20 Å². The van der Waals surface area contributed by atoms with Crippen LogP contribution in [0.1, 0.15) is 10.4 Å². The van der Waals surface area contributed by atoms with Gasteiger partial charge in [-0.1, -0.05) is 0 Å². The molecule has 0 saturated heterocycles. The largest absolute Gasteiger partial charge is 0.478 e. The molecule has 0 aliphatic carbocycles. The molecule has 1 N–H and O–H groups in total. The van der Waals surface area contributed by atoms with Crippen molar-refractivity contribution >= 4 is 27.6 Å². The predicted molar refractivity (Wildman–Crippen MR) is 61.6 cm³/mol. The summed E-state index contributed by atoms with van der Waals surface area (Å²) >= 11 is 0.877. The maximum atomic E-state index is 13.5. The maximum Gasteiger partial charge on any atom is 0.338 e. The Hall–Kier alpha value is -1.15. The van der Waals surface area contributed by atoms with Crippen LogP contribution in [0.3, 0.4) is 0 Å². The molecule has 1 rings (SSSR count). The van der Waals surface area contributed by atoms with Gasteiger partial charge in [0.25, 0.3) is 0 Å². The second-order valence-electron chi connectivity index (χ2n) is 3.26. The number of thioether (sulfide) groups is 1. The van der Waals surface area contributed by atoms with Gasteiger partial charge < -0.3 is 5.11 Å². The lowest BCUT2D eigenvalue weighted by Crippen LogP contribution is -2.07. The molecular formula is C9H10FNO4S2. The number of aromatic carboxylic acids is 1. The molecule has 0 radical (unpaired) electrons. The first kappa shape index (κ1) is 13.9. The zero-order valence-electron chi connectivity index (χ0n) is 8.88. The zero-order valence-corrected chi connectivity index (χ0v) is 10.5. The monoisotopic (exact) mass is 279 g/mol. The van der Waals surface area contributed by atoms with Crippen LogP contribution >= 0.6 is 11.8 Å². The molecule has 5 nitrogen and oxygen atoms in total. The van der Waals surface area contributed by atoms with E-state index >= 15 is 0 Å². The van der Waals surface area contributed by atoms with E-state index in [4.69, 9.17) is 5.11 Å². The van der Waals surface area contributed by atoms with Crippen molar-refractivity contribution in [2.24, 2.45) is 0 Å². The Labute approximate surface area is 102 Å². The lowest BCUT2D eigenvalue weighted by atomic mass is 10.3. The Morgan fingerprint density at radius 2 is 2.24 bits per heavy atom. The van der Waals surface area contributed by atoms with Crippen molar-refractivity contribution in [2.45, 2.75) is 5.03 Å². The highest BCUT2D eigenvalue weighted by atomic mass is 32.2. The number of carbonyl (C=O) groups is 1. The quantitative estimate of drug-likeness (QED) is 0.811. The summed E-state index contributed by atoms with van der Waals surface area (Å²) in [6, 6.07) is 1.05. The summed E-state index contributed by atoms with van der Waals surface area (Å²) < 4.78 is 35.2. The minimum absolute atomic E-state index is 0.103. The predicted octanol–water partition coefficient (Wildman–Crippen LogP) is 1.06. The highest BCUT2D eigenvalue weighted by molar-refractivity contribution is 8.00. The van der Waals surface area contributed by atoms with Gasteiger partial charge in [0.2, 0.25) is 0 Å². The first-order chi connectivity index (χ1) is 7.81. The molecule has 0 aliphatic heterocycles. The molecule has 0 amide bonds. The van der Waals surface area contributed by atoms with Gasteiger partial charge in [0.1, 0.15) is 14.9 Å². The minimum Gasteiger partial charge on any atom is -0.478 e. The van der Waals surface area contributed by atoms with Gasteiger partial charge >= 0.3 is 5.97 Å². The third-order valence-electron chi connectivity index (χ3n) is 1.78. The number of aromatic nitrogens is 1. The average molecular weight is 279 g/mol. The van der Waals surface area contributed by atoms with E-state index in [0.717, 1.165) is 24.1 Å². The molecular weight excluding hydrogens is 269 g/mol. The lowest BCUT2D eigenvalue weighted by Gasteiger charge is -2.03. The molecule has 0 fully saturated rings. The second-order valence-corrected chi connectivity index (χ2v) is 6.60. The molecule has 0 aliphatic rings. The fourth-order valence-corrected chi connectivity index (χ4v) is 3.09. The molecule has 94 valence electrons. The third-order valence-corrected chi connectivity index (χ3v) is 3.95. The molecule has 0 bridgehead atoms. The third kappa shape index (κ3) is 4.31. The van der Waals surface area contributed by atoms with Gasteiger partial charge in [-0.2, -0.15) is 0 Å². The molecule has 1 heterocycles. The molecule has 0 atom stereocenters. The number of rotatable bonds is 5. The van der Waals surface area contributed by atoms with Crippen LogP contribution in [0.5, 0.6) is 0 Å². The molecule has 0 unspecified atom stereocenters. The van der Waals surface area contributed by atoms with Crippen molar-refractivity contribution in [2.75, 3.05) is 17.8 Å². The van der Waals surface area contributed by atoms with Gasteiger partial charge in [0.05, 0.1) is 11.3 Å². The standard InChI is InChI=1S/C9H10FNO4S2/c1-17(14,15)5-4-16-8-7(10)6(9(12)13)2-3-11-8/h2-3H,4-5H2,1H3,(H,12,13). The highest BCUT2D eigenvalue weighted by Gasteiger charge is 2.15. The van der Waals surface area contributed by atoms with Gasteiger partial charge in [-0.15, -0.1) is 11.8 Å². The number of nitrogens with zero attached hydrogens (tertiary/aromatic N) is 1. The second kappa shape index (κ2) is 5.46. The number of hydrogen-bond donors (Lipinski definition) is 1. The van der Waals surface area contributed by atoms with E-state index in [1.54, 1.807) is 0 Å². The molecule has 1 aromatic heterocycles. The molecule has 0 saturated carbocycles. The van der Waals surface area contributed by atoms with Crippen LogP contribution in [0.2, 0.25) is 0 Å². The molecule has 0 spiro atoms. The highest BCUT2D eigenvalue weighted by Crippen LogP contribution is 2.21. The van der Waals surface area contributed by atoms with E-state index in [2.05, 4.69) is 4.98 Å². The van der Waals surface area contributed by atoms with Gasteiger partial charge in [-0.25, -0.2) is 22.6 Å². The SMILES string of the molecule is CS(=O)(=O)CCSc1nccc(C(=O)O)c1F. The Kier molecular flexibility index (Phi) is 4.47. The van der Waals surface area contributed by atoms with Crippen LogP contribution in [0, 0.1) is 5.82 Å². The van der Waals surface area contributed by atoms with Crippen LogP contribution in [-0.4, -0.2) is 42.2 Å². The van der Waals surface area contributed by atoms with E-state index < -0.39 is 27.2 Å². The number of halogens is 1. The molecule has 1 aromatic rings. The van der Waals surface area contributed by atoms with Gasteiger partial charge in [-0.3, -0.25) is 0 Å². The van der Waals surface area contributed by atoms with Crippen molar-refractivity contribution in [1.82, 2.24) is 4.98 Å². The Morgan fingerprint density at radius 3 is 2.76 bits per heavy atom. The molecule has 8 heteroatoms. The Balaban J connectivity index is 2.79. The van der Waals surface area contributed by atoms with E-state index in [0.29, 0.717) is 0 Å². The summed E-state index contributed by atoms with van der Waals surface area (Å²) in [5.41, 5.74) is -0.471. The normalized spacial score (nSPS) is 11.4. The van der Waals surface area contributed by atoms with Crippen molar-refractivity contribution < 1.29 is 22.7 Å². The number of pyridine rings is 1. The summed E-state index contributed by atoms with van der Waals surface area (Å²) in [7, 11) is -3.12. The van der Waals surface area contributed by atoms with Crippen LogP contribution in [0.4, 0.5) is 4.39 Å². The Bertz CT molecular complexity index is 530. The minimum atomic E-state index is -3.12. The topological polar surface area (TPSA) is 84.3 Å². The molecule has 0 aromatic carbocycles. The summed E-state index contributed by atoms with van der Waals surface area (Å²) in [5.74, 6) is -2.30. The number of carboxylic acid groups (broad SMARTS) is 1. The summed E-state index contributed by atoms with van der Waals surface area (Å²) in [6.07, 6.45) is 2.25. The maximum absolute atomic E-state index is 13.5. The first-order valence-corrected chi connectivity index (χ1v) is 7.54. The van der Waals surface area contributed by atoms with Crippen LogP contribution in [0.15, 0.2) is 17.3 Å². The number of hydrogen-bond acceptors (Lipinski definition) is 5. The van der Waals surface area contributed by atoms with E-state index in [-0.39, 0.29) is 16.5 Å². The smallest absolute Gasteiger partial charge is 0.338 e. The van der Waals surface area contributed by atoms with Crippen LogP contribution in [-0.2, 0) is 9.84 Å². The van der Waals surface area contributed by atoms with Gasteiger partial charge in [-0.05, 0) is 6.07 Å². The van der Waals surface area contributed by atoms with Crippen LogP contribution < -0.4 is 0 Å². The first-order valence-electron chi connectivity index (χ1n) is 4.49. The molecule has 17 heavy (non-hydrogen) atoms. The van der Waals surface area contributed by atoms with E-state index in [1.807, 2.05) is 0 Å². The Morgan fingerprint density at radius 1 is 1.59 bits per heavy atom. The zero-order chi connectivity index (χ0) is 13.1. The van der Waals surface area contributed by atoms with Crippen molar-refractivity contribution in [3.63, 3.8) is 0 Å². The van der Waals surface area contributed by atoms with Crippen molar-refractivity contribution in [3.8, 4) is 0 Å². The van der Waals surface area contributed by atoms with Crippen molar-refractivity contribution in [1.29, 1.82) is 0 Å². The lowest BCUT2D eigenvalue weighted by molar-refractivity contribution is 0.0691. The number of sulfone groups is 1. The fraction of sp³-hybridized carbons (Fsp3) is 0.333. The van der Waals surface area contributed by atoms with Gasteiger partial charge in [0, 0.05) is 18.2 Å². The van der Waals surface area contributed by atoms with Gasteiger partial charge in [0.15, 0.2) is 5.82 Å². The number of carboxylic acids is 1. The summed E-state index contributed by atoms with van der Waals surface area (Å²) in [4.78, 5) is 14.3. The summed E-state index contributed by atoms with van der Waals surface area (Å²) in [5, 5.41) is 8.57. The van der Waals surface area contributed by atoms with Crippen molar-refractivity contribution in [3.05, 3.63) is 23.6 Å². The fourth-order valence-electron chi connectivity index (χ4n) is 0.980.